The summed E-state index contributed by atoms with van der Waals surface area (Å²) in [5.74, 6) is 0. The van der Waals surface area contributed by atoms with E-state index in [4.69, 9.17) is 5.26 Å². The quantitative estimate of drug-likeness (QED) is 0.912. The molecule has 0 unspecified atom stereocenters. The van der Waals surface area contributed by atoms with Gasteiger partial charge in [0.15, 0.2) is 0 Å². The smallest absolute Gasteiger partial charge is 0.0992 e. The van der Waals surface area contributed by atoms with Gasteiger partial charge in [0.2, 0.25) is 0 Å². The van der Waals surface area contributed by atoms with E-state index < -0.39 is 0 Å². The van der Waals surface area contributed by atoms with Crippen LogP contribution in [0.1, 0.15) is 5.56 Å². The van der Waals surface area contributed by atoms with Crippen molar-refractivity contribution in [3.8, 4) is 6.07 Å². The molecule has 2 aromatic rings. The van der Waals surface area contributed by atoms with E-state index in [2.05, 4.69) is 32.3 Å². The number of hydrogen-bond acceptors (Lipinski definition) is 3. The van der Waals surface area contributed by atoms with Gasteiger partial charge >= 0.3 is 0 Å². The minimum atomic E-state index is 0.634. The molecule has 0 saturated carbocycles. The molecule has 0 aliphatic rings. The van der Waals surface area contributed by atoms with E-state index in [1.807, 2.05) is 18.2 Å². The standard InChI is InChI=1S/C12H8BrN3/c13-11-8-15-5-4-12(11)16-10-3-1-2-9(6-10)7-14/h1-6,8H,(H,15,16). The third-order valence-electron chi connectivity index (χ3n) is 2.04. The summed E-state index contributed by atoms with van der Waals surface area (Å²) in [5.41, 5.74) is 2.44. The van der Waals surface area contributed by atoms with Crippen LogP contribution in [-0.2, 0) is 0 Å². The Morgan fingerprint density at radius 2 is 2.19 bits per heavy atom. The van der Waals surface area contributed by atoms with E-state index >= 15 is 0 Å². The second-order valence-electron chi connectivity index (χ2n) is 3.17. The molecule has 0 spiro atoms. The fraction of sp³-hybridized carbons (Fsp3) is 0. The van der Waals surface area contributed by atoms with Crippen molar-refractivity contribution in [1.82, 2.24) is 4.98 Å². The second kappa shape index (κ2) is 4.77. The van der Waals surface area contributed by atoms with Crippen LogP contribution in [0.25, 0.3) is 0 Å². The van der Waals surface area contributed by atoms with E-state index in [0.29, 0.717) is 5.56 Å². The fourth-order valence-electron chi connectivity index (χ4n) is 1.30. The summed E-state index contributed by atoms with van der Waals surface area (Å²) < 4.78 is 0.886. The van der Waals surface area contributed by atoms with Crippen LogP contribution in [0.4, 0.5) is 11.4 Å². The van der Waals surface area contributed by atoms with Crippen LogP contribution in [0, 0.1) is 11.3 Å². The van der Waals surface area contributed by atoms with E-state index in [1.54, 1.807) is 24.5 Å². The summed E-state index contributed by atoms with van der Waals surface area (Å²) in [4.78, 5) is 3.98. The maximum absolute atomic E-state index is 8.79. The first-order valence-electron chi connectivity index (χ1n) is 4.66. The fourth-order valence-corrected chi connectivity index (χ4v) is 1.65. The summed E-state index contributed by atoms with van der Waals surface area (Å²) in [6.07, 6.45) is 3.43. The van der Waals surface area contributed by atoms with Gasteiger partial charge in [-0.05, 0) is 40.2 Å². The molecular weight excluding hydrogens is 266 g/mol. The van der Waals surface area contributed by atoms with E-state index in [1.165, 1.54) is 0 Å². The van der Waals surface area contributed by atoms with Gasteiger partial charge in [-0.1, -0.05) is 6.07 Å². The minimum absolute atomic E-state index is 0.634. The lowest BCUT2D eigenvalue weighted by molar-refractivity contribution is 1.30. The molecular formula is C12H8BrN3. The first-order chi connectivity index (χ1) is 7.79. The lowest BCUT2D eigenvalue weighted by Crippen LogP contribution is -1.92. The van der Waals surface area contributed by atoms with Gasteiger partial charge in [0.1, 0.15) is 0 Å². The maximum Gasteiger partial charge on any atom is 0.0992 e. The molecule has 0 saturated heterocycles. The SMILES string of the molecule is N#Cc1cccc(Nc2ccncc2Br)c1. The number of nitrogens with one attached hydrogen (secondary N) is 1. The van der Waals surface area contributed by atoms with Crippen molar-refractivity contribution in [2.24, 2.45) is 0 Å². The number of halogens is 1. The van der Waals surface area contributed by atoms with Crippen LogP contribution in [0.5, 0.6) is 0 Å². The number of nitriles is 1. The Balaban J connectivity index is 2.28. The summed E-state index contributed by atoms with van der Waals surface area (Å²) in [7, 11) is 0. The van der Waals surface area contributed by atoms with Gasteiger partial charge < -0.3 is 5.32 Å². The third kappa shape index (κ3) is 2.38. The molecule has 0 atom stereocenters. The van der Waals surface area contributed by atoms with Gasteiger partial charge in [-0.15, -0.1) is 0 Å². The Morgan fingerprint density at radius 3 is 2.94 bits per heavy atom. The molecule has 1 heterocycles. The topological polar surface area (TPSA) is 48.7 Å². The molecule has 16 heavy (non-hydrogen) atoms. The van der Waals surface area contributed by atoms with E-state index in [9.17, 15) is 0 Å². The zero-order chi connectivity index (χ0) is 11.4. The highest BCUT2D eigenvalue weighted by Gasteiger charge is 2.00. The number of hydrogen-bond donors (Lipinski definition) is 1. The largest absolute Gasteiger partial charge is 0.354 e. The molecule has 2 rings (SSSR count). The average molecular weight is 274 g/mol. The Bertz CT molecular complexity index is 546. The number of anilines is 2. The first kappa shape index (κ1) is 10.7. The third-order valence-corrected chi connectivity index (χ3v) is 2.68. The van der Waals surface area contributed by atoms with Gasteiger partial charge in [0, 0.05) is 18.1 Å². The van der Waals surface area contributed by atoms with Crippen molar-refractivity contribution >= 4 is 27.3 Å². The summed E-state index contributed by atoms with van der Waals surface area (Å²) >= 11 is 3.40. The Morgan fingerprint density at radius 1 is 1.31 bits per heavy atom. The Kier molecular flexibility index (Phi) is 3.18. The second-order valence-corrected chi connectivity index (χ2v) is 4.03. The average Bonchev–Trinajstić information content (AvgIpc) is 2.32. The summed E-state index contributed by atoms with van der Waals surface area (Å²) in [6, 6.07) is 11.3. The number of benzene rings is 1. The molecule has 1 N–H and O–H groups in total. The van der Waals surface area contributed by atoms with Crippen molar-refractivity contribution < 1.29 is 0 Å². The molecule has 0 aliphatic carbocycles. The van der Waals surface area contributed by atoms with Crippen molar-refractivity contribution in [3.05, 3.63) is 52.8 Å². The number of pyridine rings is 1. The molecule has 1 aromatic heterocycles. The molecule has 0 amide bonds. The highest BCUT2D eigenvalue weighted by atomic mass is 79.9. The zero-order valence-electron chi connectivity index (χ0n) is 8.31. The highest BCUT2D eigenvalue weighted by Crippen LogP contribution is 2.24. The van der Waals surface area contributed by atoms with E-state index in [-0.39, 0.29) is 0 Å². The molecule has 0 bridgehead atoms. The molecule has 78 valence electrons. The van der Waals surface area contributed by atoms with Gasteiger partial charge in [-0.2, -0.15) is 5.26 Å². The zero-order valence-corrected chi connectivity index (χ0v) is 9.90. The first-order valence-corrected chi connectivity index (χ1v) is 5.45. The monoisotopic (exact) mass is 273 g/mol. The molecule has 3 nitrogen and oxygen atoms in total. The molecule has 0 fully saturated rings. The molecule has 0 radical (unpaired) electrons. The van der Waals surface area contributed by atoms with Crippen molar-refractivity contribution in [2.45, 2.75) is 0 Å². The molecule has 4 heteroatoms. The van der Waals surface area contributed by atoms with Gasteiger partial charge in [0.25, 0.3) is 0 Å². The predicted octanol–water partition coefficient (Wildman–Crippen LogP) is 3.46. The Hall–Kier alpha value is -1.86. The number of nitrogens with zero attached hydrogens (tertiary/aromatic N) is 2. The minimum Gasteiger partial charge on any atom is -0.354 e. The summed E-state index contributed by atoms with van der Waals surface area (Å²) in [5, 5.41) is 12.0. The maximum atomic E-state index is 8.79. The Labute approximate surface area is 102 Å². The normalized spacial score (nSPS) is 9.50. The van der Waals surface area contributed by atoms with Crippen molar-refractivity contribution in [3.63, 3.8) is 0 Å². The van der Waals surface area contributed by atoms with Crippen LogP contribution in [0.15, 0.2) is 47.2 Å². The van der Waals surface area contributed by atoms with Crippen LogP contribution >= 0.6 is 15.9 Å². The van der Waals surface area contributed by atoms with Gasteiger partial charge in [-0.3, -0.25) is 4.98 Å². The number of aromatic nitrogens is 1. The van der Waals surface area contributed by atoms with Crippen molar-refractivity contribution in [1.29, 1.82) is 5.26 Å². The lowest BCUT2D eigenvalue weighted by atomic mass is 10.2. The van der Waals surface area contributed by atoms with Crippen molar-refractivity contribution in [2.75, 3.05) is 5.32 Å². The van der Waals surface area contributed by atoms with Gasteiger partial charge in [0.05, 0.1) is 21.8 Å². The van der Waals surface area contributed by atoms with Crippen LogP contribution in [0.3, 0.4) is 0 Å². The van der Waals surface area contributed by atoms with Crippen LogP contribution in [0.2, 0.25) is 0 Å². The highest BCUT2D eigenvalue weighted by molar-refractivity contribution is 9.10. The van der Waals surface area contributed by atoms with E-state index in [0.717, 1.165) is 15.8 Å². The predicted molar refractivity (Wildman–Crippen MR) is 66.4 cm³/mol. The van der Waals surface area contributed by atoms with Crippen LogP contribution in [-0.4, -0.2) is 4.98 Å². The summed E-state index contributed by atoms with van der Waals surface area (Å²) in [6.45, 7) is 0. The van der Waals surface area contributed by atoms with Gasteiger partial charge in [-0.25, -0.2) is 0 Å². The lowest BCUT2D eigenvalue weighted by Gasteiger charge is -2.07. The number of rotatable bonds is 2. The molecule has 1 aromatic carbocycles. The molecule has 0 aliphatic heterocycles. The van der Waals surface area contributed by atoms with Crippen LogP contribution < -0.4 is 5.32 Å².